The fourth-order valence-corrected chi connectivity index (χ4v) is 2.92. The number of hydrogen-bond donors (Lipinski definition) is 4. The Morgan fingerprint density at radius 1 is 0.933 bits per heavy atom. The summed E-state index contributed by atoms with van der Waals surface area (Å²) in [4.78, 5) is 47.3. The van der Waals surface area contributed by atoms with Gasteiger partial charge in [0.15, 0.2) is 0 Å². The van der Waals surface area contributed by atoms with Gasteiger partial charge in [-0.3, -0.25) is 19.2 Å². The minimum absolute atomic E-state index is 0.227. The van der Waals surface area contributed by atoms with Crippen LogP contribution in [0, 0.1) is 0 Å². The van der Waals surface area contributed by atoms with E-state index in [-0.39, 0.29) is 18.4 Å². The minimum atomic E-state index is -0.638. The van der Waals surface area contributed by atoms with Crippen LogP contribution in [0.1, 0.15) is 33.6 Å². The maximum atomic E-state index is 12.5. The van der Waals surface area contributed by atoms with Gasteiger partial charge in [-0.05, 0) is 55.3 Å². The SMILES string of the molecule is NC(=O)CNC(=O)c1ccc(NC(=O)c2cccc(NC(=O)C3CCCO3)c2)cc1. The monoisotopic (exact) mass is 410 g/mol. The molecule has 1 atom stereocenters. The van der Waals surface area contributed by atoms with E-state index in [9.17, 15) is 19.2 Å². The van der Waals surface area contributed by atoms with Crippen LogP contribution in [0.3, 0.4) is 0 Å². The van der Waals surface area contributed by atoms with E-state index in [0.29, 0.717) is 35.5 Å². The Kier molecular flexibility index (Phi) is 6.76. The lowest BCUT2D eigenvalue weighted by Gasteiger charge is -2.11. The molecule has 9 nitrogen and oxygen atoms in total. The van der Waals surface area contributed by atoms with Crippen molar-refractivity contribution in [1.29, 1.82) is 0 Å². The molecule has 1 heterocycles. The maximum absolute atomic E-state index is 12.5. The number of ether oxygens (including phenoxy) is 1. The van der Waals surface area contributed by atoms with E-state index in [1.807, 2.05) is 0 Å². The molecular formula is C21H22N4O5. The molecule has 1 aliphatic heterocycles. The van der Waals surface area contributed by atoms with Crippen molar-refractivity contribution in [3.63, 3.8) is 0 Å². The Balaban J connectivity index is 1.59. The molecule has 1 aliphatic rings. The van der Waals surface area contributed by atoms with Crippen LogP contribution in [0.2, 0.25) is 0 Å². The first-order valence-corrected chi connectivity index (χ1v) is 9.43. The molecule has 0 saturated carbocycles. The minimum Gasteiger partial charge on any atom is -0.368 e. The summed E-state index contributed by atoms with van der Waals surface area (Å²) in [6.45, 7) is 0.323. The van der Waals surface area contributed by atoms with E-state index in [4.69, 9.17) is 10.5 Å². The summed E-state index contributed by atoms with van der Waals surface area (Å²) in [5.41, 5.74) is 6.67. The Morgan fingerprint density at radius 3 is 2.37 bits per heavy atom. The molecule has 2 aromatic rings. The molecule has 4 amide bonds. The Labute approximate surface area is 173 Å². The molecule has 156 valence electrons. The third-order valence-electron chi connectivity index (χ3n) is 4.44. The first-order valence-electron chi connectivity index (χ1n) is 9.43. The maximum Gasteiger partial charge on any atom is 0.255 e. The highest BCUT2D eigenvalue weighted by Crippen LogP contribution is 2.17. The fraction of sp³-hybridized carbons (Fsp3) is 0.238. The van der Waals surface area contributed by atoms with Crippen molar-refractivity contribution in [2.24, 2.45) is 5.73 Å². The molecule has 0 spiro atoms. The van der Waals surface area contributed by atoms with Crippen LogP contribution in [0.25, 0.3) is 0 Å². The summed E-state index contributed by atoms with van der Waals surface area (Å²) in [5, 5.41) is 7.87. The molecule has 30 heavy (non-hydrogen) atoms. The van der Waals surface area contributed by atoms with Gasteiger partial charge in [0.1, 0.15) is 6.10 Å². The molecule has 1 fully saturated rings. The van der Waals surface area contributed by atoms with E-state index in [1.165, 1.54) is 12.1 Å². The zero-order chi connectivity index (χ0) is 21.5. The molecular weight excluding hydrogens is 388 g/mol. The van der Waals surface area contributed by atoms with Crippen molar-refractivity contribution in [1.82, 2.24) is 5.32 Å². The van der Waals surface area contributed by atoms with E-state index >= 15 is 0 Å². The number of nitrogens with two attached hydrogens (primary N) is 1. The van der Waals surface area contributed by atoms with Crippen molar-refractivity contribution in [2.45, 2.75) is 18.9 Å². The second kappa shape index (κ2) is 9.66. The molecule has 5 N–H and O–H groups in total. The van der Waals surface area contributed by atoms with Crippen molar-refractivity contribution in [2.75, 3.05) is 23.8 Å². The highest BCUT2D eigenvalue weighted by Gasteiger charge is 2.23. The Hall–Kier alpha value is -3.72. The van der Waals surface area contributed by atoms with Crippen molar-refractivity contribution >= 4 is 35.0 Å². The van der Waals surface area contributed by atoms with Gasteiger partial charge in [-0.2, -0.15) is 0 Å². The molecule has 3 rings (SSSR count). The number of amides is 4. The molecule has 0 aromatic heterocycles. The van der Waals surface area contributed by atoms with E-state index in [1.54, 1.807) is 36.4 Å². The van der Waals surface area contributed by atoms with Gasteiger partial charge >= 0.3 is 0 Å². The van der Waals surface area contributed by atoms with Gasteiger partial charge in [0.2, 0.25) is 5.91 Å². The third-order valence-corrected chi connectivity index (χ3v) is 4.44. The number of anilines is 2. The van der Waals surface area contributed by atoms with Crippen LogP contribution in [0.4, 0.5) is 11.4 Å². The molecule has 0 bridgehead atoms. The topological polar surface area (TPSA) is 140 Å². The fourth-order valence-electron chi connectivity index (χ4n) is 2.92. The van der Waals surface area contributed by atoms with Crippen LogP contribution in [-0.4, -0.2) is 42.9 Å². The summed E-state index contributed by atoms with van der Waals surface area (Å²) in [6.07, 6.45) is 1.08. The average Bonchev–Trinajstić information content (AvgIpc) is 3.28. The predicted octanol–water partition coefficient (Wildman–Crippen LogP) is 1.27. The van der Waals surface area contributed by atoms with Gasteiger partial charge in [0.05, 0.1) is 6.54 Å². The Morgan fingerprint density at radius 2 is 1.70 bits per heavy atom. The summed E-state index contributed by atoms with van der Waals surface area (Å²) >= 11 is 0. The van der Waals surface area contributed by atoms with Gasteiger partial charge in [-0.25, -0.2) is 0 Å². The van der Waals surface area contributed by atoms with E-state index in [0.717, 1.165) is 6.42 Å². The number of rotatable bonds is 7. The Bertz CT molecular complexity index is 952. The smallest absolute Gasteiger partial charge is 0.255 e. The normalized spacial score (nSPS) is 15.3. The van der Waals surface area contributed by atoms with Crippen LogP contribution >= 0.6 is 0 Å². The molecule has 9 heteroatoms. The van der Waals surface area contributed by atoms with Crippen LogP contribution in [0.5, 0.6) is 0 Å². The molecule has 2 aromatic carbocycles. The van der Waals surface area contributed by atoms with Gasteiger partial charge in [-0.15, -0.1) is 0 Å². The van der Waals surface area contributed by atoms with Crippen LogP contribution < -0.4 is 21.7 Å². The number of carbonyl (C=O) groups is 4. The first-order chi connectivity index (χ1) is 14.4. The summed E-state index contributed by atoms with van der Waals surface area (Å²) in [5.74, 6) is -1.67. The molecule has 1 unspecified atom stereocenters. The largest absolute Gasteiger partial charge is 0.368 e. The van der Waals surface area contributed by atoms with E-state index < -0.39 is 17.9 Å². The summed E-state index contributed by atoms with van der Waals surface area (Å²) in [6, 6.07) is 12.8. The highest BCUT2D eigenvalue weighted by molar-refractivity contribution is 6.06. The summed E-state index contributed by atoms with van der Waals surface area (Å²) < 4.78 is 5.35. The van der Waals surface area contributed by atoms with E-state index in [2.05, 4.69) is 16.0 Å². The zero-order valence-corrected chi connectivity index (χ0v) is 16.1. The van der Waals surface area contributed by atoms with Gasteiger partial charge in [0.25, 0.3) is 17.7 Å². The number of nitrogens with one attached hydrogen (secondary N) is 3. The summed E-state index contributed by atoms with van der Waals surface area (Å²) in [7, 11) is 0. The third kappa shape index (κ3) is 5.65. The number of hydrogen-bond acceptors (Lipinski definition) is 5. The molecule has 0 radical (unpaired) electrons. The molecule has 1 saturated heterocycles. The van der Waals surface area contributed by atoms with Gasteiger partial charge in [0, 0.05) is 29.1 Å². The second-order valence-electron chi connectivity index (χ2n) is 6.75. The van der Waals surface area contributed by atoms with Crippen molar-refractivity contribution < 1.29 is 23.9 Å². The standard InChI is InChI=1S/C21H22N4O5/c22-18(26)12-23-19(27)13-6-8-15(9-7-13)24-20(28)14-3-1-4-16(11-14)25-21(29)17-5-2-10-30-17/h1,3-4,6-9,11,17H,2,5,10,12H2,(H2,22,26)(H,23,27)(H,24,28)(H,25,29). The highest BCUT2D eigenvalue weighted by atomic mass is 16.5. The lowest BCUT2D eigenvalue weighted by Crippen LogP contribution is -2.33. The second-order valence-corrected chi connectivity index (χ2v) is 6.75. The number of primary amides is 1. The lowest BCUT2D eigenvalue weighted by molar-refractivity contribution is -0.124. The lowest BCUT2D eigenvalue weighted by atomic mass is 10.1. The van der Waals surface area contributed by atoms with Gasteiger partial charge < -0.3 is 26.4 Å². The molecule has 0 aliphatic carbocycles. The quantitative estimate of drug-likeness (QED) is 0.544. The predicted molar refractivity (Wildman–Crippen MR) is 110 cm³/mol. The van der Waals surface area contributed by atoms with Crippen LogP contribution in [-0.2, 0) is 14.3 Å². The van der Waals surface area contributed by atoms with Crippen molar-refractivity contribution in [3.05, 3.63) is 59.7 Å². The van der Waals surface area contributed by atoms with Crippen molar-refractivity contribution in [3.8, 4) is 0 Å². The first kappa shape index (κ1) is 21.0. The van der Waals surface area contributed by atoms with Gasteiger partial charge in [-0.1, -0.05) is 6.07 Å². The number of carbonyl (C=O) groups excluding carboxylic acids is 4. The number of benzene rings is 2. The van der Waals surface area contributed by atoms with Crippen LogP contribution in [0.15, 0.2) is 48.5 Å². The average molecular weight is 410 g/mol. The zero-order valence-electron chi connectivity index (χ0n) is 16.1.